The van der Waals surface area contributed by atoms with E-state index in [4.69, 9.17) is 4.74 Å². The van der Waals surface area contributed by atoms with Gasteiger partial charge in [-0.1, -0.05) is 0 Å². The van der Waals surface area contributed by atoms with Crippen LogP contribution in [0, 0.1) is 15.2 Å². The number of benzene rings is 1. The van der Waals surface area contributed by atoms with Gasteiger partial charge >= 0.3 is 0 Å². The summed E-state index contributed by atoms with van der Waals surface area (Å²) in [7, 11) is 0. The van der Waals surface area contributed by atoms with Crippen LogP contribution in [0.3, 0.4) is 0 Å². The van der Waals surface area contributed by atoms with Gasteiger partial charge in [0.05, 0.1) is 3.57 Å². The van der Waals surface area contributed by atoms with Crippen LogP contribution in [0.25, 0.3) is 0 Å². The summed E-state index contributed by atoms with van der Waals surface area (Å²) in [6.07, 6.45) is 0. The van der Waals surface area contributed by atoms with Gasteiger partial charge in [0.1, 0.15) is 11.4 Å². The number of halogens is 3. The van der Waals surface area contributed by atoms with Crippen molar-refractivity contribution in [1.82, 2.24) is 0 Å². The first kappa shape index (κ1) is 11.7. The summed E-state index contributed by atoms with van der Waals surface area (Å²) >= 11 is 1.62. The highest BCUT2D eigenvalue weighted by molar-refractivity contribution is 14.1. The van der Waals surface area contributed by atoms with Crippen molar-refractivity contribution in [2.45, 2.75) is 26.4 Å². The van der Waals surface area contributed by atoms with E-state index in [9.17, 15) is 8.78 Å². The Morgan fingerprint density at radius 2 is 1.79 bits per heavy atom. The van der Waals surface area contributed by atoms with E-state index in [0.717, 1.165) is 0 Å². The summed E-state index contributed by atoms with van der Waals surface area (Å²) in [5.41, 5.74) is -0.484. The van der Waals surface area contributed by atoms with E-state index in [1.54, 1.807) is 22.6 Å². The quantitative estimate of drug-likeness (QED) is 0.567. The van der Waals surface area contributed by atoms with Crippen molar-refractivity contribution >= 4 is 22.6 Å². The van der Waals surface area contributed by atoms with Gasteiger partial charge in [0.25, 0.3) is 0 Å². The molecule has 0 aliphatic carbocycles. The van der Waals surface area contributed by atoms with Crippen LogP contribution in [0.15, 0.2) is 12.1 Å². The van der Waals surface area contributed by atoms with E-state index in [-0.39, 0.29) is 9.32 Å². The third kappa shape index (κ3) is 2.80. The van der Waals surface area contributed by atoms with Gasteiger partial charge in [-0.05, 0) is 55.5 Å². The van der Waals surface area contributed by atoms with Crippen LogP contribution in [0.2, 0.25) is 0 Å². The monoisotopic (exact) mass is 312 g/mol. The molecule has 14 heavy (non-hydrogen) atoms. The lowest BCUT2D eigenvalue weighted by molar-refractivity contribution is 0.124. The van der Waals surface area contributed by atoms with Crippen molar-refractivity contribution in [3.8, 4) is 5.75 Å². The van der Waals surface area contributed by atoms with Crippen LogP contribution in [0.5, 0.6) is 5.75 Å². The predicted molar refractivity (Wildman–Crippen MR) is 59.5 cm³/mol. The lowest BCUT2D eigenvalue weighted by Crippen LogP contribution is -2.23. The largest absolute Gasteiger partial charge is 0.485 e. The van der Waals surface area contributed by atoms with Crippen molar-refractivity contribution in [3.63, 3.8) is 0 Å². The molecule has 0 radical (unpaired) electrons. The smallest absolute Gasteiger partial charge is 0.181 e. The van der Waals surface area contributed by atoms with Gasteiger partial charge in [-0.3, -0.25) is 0 Å². The van der Waals surface area contributed by atoms with Crippen molar-refractivity contribution in [2.24, 2.45) is 0 Å². The summed E-state index contributed by atoms with van der Waals surface area (Å²) in [4.78, 5) is 0. The first-order valence-corrected chi connectivity index (χ1v) is 5.21. The second kappa shape index (κ2) is 4.00. The summed E-state index contributed by atoms with van der Waals surface area (Å²) < 4.78 is 31.6. The van der Waals surface area contributed by atoms with Crippen LogP contribution >= 0.6 is 22.6 Å². The Morgan fingerprint density at radius 1 is 1.21 bits per heavy atom. The van der Waals surface area contributed by atoms with Gasteiger partial charge < -0.3 is 4.74 Å². The summed E-state index contributed by atoms with van der Waals surface area (Å²) in [6, 6.07) is 2.50. The van der Waals surface area contributed by atoms with Crippen LogP contribution in [0.4, 0.5) is 8.78 Å². The lowest BCUT2D eigenvalue weighted by atomic mass is 10.2. The standard InChI is InChI=1S/C10H11F2IO/c1-10(2,3)14-7-5-4-6(11)9(13)8(7)12/h4-5H,1-3H3. The molecule has 0 heterocycles. The molecule has 0 fully saturated rings. The van der Waals surface area contributed by atoms with Crippen molar-refractivity contribution in [1.29, 1.82) is 0 Å². The molecule has 0 bridgehead atoms. The van der Waals surface area contributed by atoms with E-state index in [0.29, 0.717) is 0 Å². The molecule has 0 saturated carbocycles. The third-order valence-electron chi connectivity index (χ3n) is 1.42. The normalized spacial score (nSPS) is 11.6. The minimum Gasteiger partial charge on any atom is -0.485 e. The minimum atomic E-state index is -0.638. The zero-order valence-corrected chi connectivity index (χ0v) is 10.4. The summed E-state index contributed by atoms with van der Waals surface area (Å²) in [5, 5.41) is 0. The van der Waals surface area contributed by atoms with Crippen molar-refractivity contribution in [3.05, 3.63) is 27.3 Å². The molecule has 1 aromatic rings. The second-order valence-corrected chi connectivity index (χ2v) is 4.97. The summed E-state index contributed by atoms with van der Waals surface area (Å²) in [5.74, 6) is -1.12. The minimum absolute atomic E-state index is 0.0376. The first-order valence-electron chi connectivity index (χ1n) is 4.14. The number of hydrogen-bond donors (Lipinski definition) is 0. The molecule has 0 aliphatic heterocycles. The zero-order valence-electron chi connectivity index (χ0n) is 8.20. The molecule has 4 heteroatoms. The Hall–Kier alpha value is -0.390. The van der Waals surface area contributed by atoms with E-state index in [2.05, 4.69) is 0 Å². The van der Waals surface area contributed by atoms with Gasteiger partial charge in [0.15, 0.2) is 11.6 Å². The maximum Gasteiger partial charge on any atom is 0.181 e. The number of hydrogen-bond acceptors (Lipinski definition) is 1. The molecule has 1 rings (SSSR count). The predicted octanol–water partition coefficient (Wildman–Crippen LogP) is 3.75. The Balaban J connectivity index is 3.06. The molecule has 0 atom stereocenters. The SMILES string of the molecule is CC(C)(C)Oc1ccc(F)c(I)c1F. The van der Waals surface area contributed by atoms with E-state index < -0.39 is 17.2 Å². The van der Waals surface area contributed by atoms with Gasteiger partial charge in [-0.25, -0.2) is 8.78 Å². The fraction of sp³-hybridized carbons (Fsp3) is 0.400. The second-order valence-electron chi connectivity index (χ2n) is 3.89. The molecule has 0 aliphatic rings. The van der Waals surface area contributed by atoms with Crippen LogP contribution in [-0.4, -0.2) is 5.60 Å². The molecular weight excluding hydrogens is 301 g/mol. The van der Waals surface area contributed by atoms with Crippen LogP contribution < -0.4 is 4.74 Å². The average Bonchev–Trinajstić information content (AvgIpc) is 2.04. The maximum absolute atomic E-state index is 13.4. The topological polar surface area (TPSA) is 9.23 Å². The first-order chi connectivity index (χ1) is 6.31. The number of rotatable bonds is 1. The molecule has 78 valence electrons. The van der Waals surface area contributed by atoms with Crippen molar-refractivity contribution < 1.29 is 13.5 Å². The highest BCUT2D eigenvalue weighted by Crippen LogP contribution is 2.27. The highest BCUT2D eigenvalue weighted by atomic mass is 127. The number of ether oxygens (including phenoxy) is 1. The molecule has 1 nitrogen and oxygen atoms in total. The Labute approximate surface area is 95.6 Å². The molecular formula is C10H11F2IO. The fourth-order valence-electron chi connectivity index (χ4n) is 0.917. The van der Waals surface area contributed by atoms with Gasteiger partial charge in [-0.15, -0.1) is 0 Å². The third-order valence-corrected chi connectivity index (χ3v) is 2.40. The Bertz CT molecular complexity index is 345. The average molecular weight is 312 g/mol. The molecule has 0 N–H and O–H groups in total. The highest BCUT2D eigenvalue weighted by Gasteiger charge is 2.18. The van der Waals surface area contributed by atoms with Gasteiger partial charge in [-0.2, -0.15) is 0 Å². The Morgan fingerprint density at radius 3 is 2.29 bits per heavy atom. The molecule has 0 unspecified atom stereocenters. The summed E-state index contributed by atoms with van der Waals surface area (Å²) in [6.45, 7) is 5.42. The maximum atomic E-state index is 13.4. The van der Waals surface area contributed by atoms with E-state index in [1.807, 2.05) is 20.8 Å². The molecule has 0 saturated heterocycles. The van der Waals surface area contributed by atoms with E-state index in [1.165, 1.54) is 12.1 Å². The van der Waals surface area contributed by atoms with Crippen LogP contribution in [0.1, 0.15) is 20.8 Å². The Kier molecular flexibility index (Phi) is 3.34. The lowest BCUT2D eigenvalue weighted by Gasteiger charge is -2.21. The van der Waals surface area contributed by atoms with E-state index >= 15 is 0 Å². The molecule has 1 aromatic carbocycles. The molecule has 0 amide bonds. The van der Waals surface area contributed by atoms with Crippen molar-refractivity contribution in [2.75, 3.05) is 0 Å². The van der Waals surface area contributed by atoms with Gasteiger partial charge in [0, 0.05) is 0 Å². The molecule has 0 aromatic heterocycles. The van der Waals surface area contributed by atoms with Crippen LogP contribution in [-0.2, 0) is 0 Å². The fourth-order valence-corrected chi connectivity index (χ4v) is 1.36. The van der Waals surface area contributed by atoms with Gasteiger partial charge in [0.2, 0.25) is 0 Å². The zero-order chi connectivity index (χ0) is 10.9. The molecule has 0 spiro atoms.